The van der Waals surface area contributed by atoms with Crippen molar-refractivity contribution < 1.29 is 13.9 Å². The zero-order valence-corrected chi connectivity index (χ0v) is 6.67. The maximum Gasteiger partial charge on any atom is 0.282 e. The molecule has 0 saturated carbocycles. The van der Waals surface area contributed by atoms with Gasteiger partial charge in [0.05, 0.1) is 23.7 Å². The molecule has 0 fully saturated rings. The molecule has 0 saturated heterocycles. The van der Waals surface area contributed by atoms with Crippen LogP contribution in [0.25, 0.3) is 0 Å². The number of aromatic nitrogens is 1. The van der Waals surface area contributed by atoms with Gasteiger partial charge >= 0.3 is 0 Å². The molecule has 5 N–H and O–H groups in total. The van der Waals surface area contributed by atoms with Crippen LogP contribution in [0.5, 0.6) is 0 Å². The van der Waals surface area contributed by atoms with Crippen LogP contribution in [0.15, 0.2) is 6.07 Å². The normalized spacial score (nSPS) is 10.8. The number of hydrogen-bond donors (Lipinski definition) is 3. The van der Waals surface area contributed by atoms with E-state index in [1.54, 1.807) is 0 Å². The molecular weight excluding hydrogens is 180 g/mol. The second kappa shape index (κ2) is 3.53. The van der Waals surface area contributed by atoms with E-state index >= 15 is 0 Å². The Bertz CT molecular complexity index is 317. The number of aliphatic hydroxyl groups excluding tert-OH is 1. The molecule has 0 amide bonds. The van der Waals surface area contributed by atoms with Crippen LogP contribution >= 0.6 is 0 Å². The Morgan fingerprint density at radius 2 is 2.08 bits per heavy atom. The first-order valence-electron chi connectivity index (χ1n) is 3.50. The van der Waals surface area contributed by atoms with Crippen LogP contribution in [-0.2, 0) is 6.61 Å². The molecule has 0 bridgehead atoms. The van der Waals surface area contributed by atoms with Gasteiger partial charge in [0.25, 0.3) is 6.43 Å². The number of nitrogens with zero attached hydrogens (tertiary/aromatic N) is 1. The van der Waals surface area contributed by atoms with E-state index < -0.39 is 18.7 Å². The molecule has 0 unspecified atom stereocenters. The van der Waals surface area contributed by atoms with Crippen molar-refractivity contribution in [2.24, 2.45) is 0 Å². The standard InChI is InChI=1S/C7H9F2N3O/c8-7(9)6-5(11)4(10)1-3(2-13)12-6/h1,7,13H,2,11H2,(H2,10,12). The monoisotopic (exact) mass is 189 g/mol. The Kier molecular flexibility index (Phi) is 2.62. The van der Waals surface area contributed by atoms with Crippen LogP contribution in [0.1, 0.15) is 17.8 Å². The molecule has 0 aliphatic rings. The molecule has 0 radical (unpaired) electrons. The molecular formula is C7H9F2N3O. The Balaban J connectivity index is 3.25. The van der Waals surface area contributed by atoms with Crippen molar-refractivity contribution in [2.45, 2.75) is 13.0 Å². The second-order valence-electron chi connectivity index (χ2n) is 2.46. The lowest BCUT2D eigenvalue weighted by Crippen LogP contribution is -2.06. The van der Waals surface area contributed by atoms with Crippen LogP contribution in [0.2, 0.25) is 0 Å². The molecule has 1 rings (SSSR count). The lowest BCUT2D eigenvalue weighted by atomic mass is 10.2. The predicted octanol–water partition coefficient (Wildman–Crippen LogP) is 0.676. The molecule has 0 spiro atoms. The molecule has 0 atom stereocenters. The molecule has 13 heavy (non-hydrogen) atoms. The fourth-order valence-corrected chi connectivity index (χ4v) is 0.900. The number of pyridine rings is 1. The highest BCUT2D eigenvalue weighted by Gasteiger charge is 2.16. The van der Waals surface area contributed by atoms with Crippen LogP contribution in [-0.4, -0.2) is 10.1 Å². The highest BCUT2D eigenvalue weighted by molar-refractivity contribution is 5.66. The minimum atomic E-state index is -2.78. The lowest BCUT2D eigenvalue weighted by molar-refractivity contribution is 0.146. The zero-order valence-electron chi connectivity index (χ0n) is 6.67. The van der Waals surface area contributed by atoms with Gasteiger partial charge in [-0.3, -0.25) is 0 Å². The smallest absolute Gasteiger partial charge is 0.282 e. The summed E-state index contributed by atoms with van der Waals surface area (Å²) in [5, 5.41) is 8.66. The SMILES string of the molecule is Nc1cc(CO)nc(C(F)F)c1N. The Labute approximate surface area is 73.2 Å². The summed E-state index contributed by atoms with van der Waals surface area (Å²) in [6.07, 6.45) is -2.78. The van der Waals surface area contributed by atoms with Crippen molar-refractivity contribution in [3.8, 4) is 0 Å². The maximum atomic E-state index is 12.2. The summed E-state index contributed by atoms with van der Waals surface area (Å²) in [6, 6.07) is 1.27. The van der Waals surface area contributed by atoms with E-state index in [4.69, 9.17) is 16.6 Å². The number of nitrogen functional groups attached to an aromatic ring is 2. The Morgan fingerprint density at radius 3 is 2.54 bits per heavy atom. The molecule has 72 valence electrons. The largest absolute Gasteiger partial charge is 0.397 e. The maximum absolute atomic E-state index is 12.2. The van der Waals surface area contributed by atoms with Crippen LogP contribution in [0, 0.1) is 0 Å². The van der Waals surface area contributed by atoms with Gasteiger partial charge in [0.15, 0.2) is 0 Å². The third-order valence-electron chi connectivity index (χ3n) is 1.54. The topological polar surface area (TPSA) is 85.2 Å². The number of hydrogen-bond acceptors (Lipinski definition) is 4. The molecule has 1 aromatic heterocycles. The van der Waals surface area contributed by atoms with E-state index in [1.165, 1.54) is 6.07 Å². The van der Waals surface area contributed by atoms with E-state index in [1.807, 2.05) is 0 Å². The number of alkyl halides is 2. The third-order valence-corrected chi connectivity index (χ3v) is 1.54. The summed E-state index contributed by atoms with van der Waals surface area (Å²) >= 11 is 0. The van der Waals surface area contributed by atoms with Crippen molar-refractivity contribution in [3.05, 3.63) is 17.5 Å². The number of aliphatic hydroxyl groups is 1. The van der Waals surface area contributed by atoms with E-state index in [0.29, 0.717) is 0 Å². The fraction of sp³-hybridized carbons (Fsp3) is 0.286. The molecule has 0 aliphatic carbocycles. The summed E-state index contributed by atoms with van der Waals surface area (Å²) in [7, 11) is 0. The highest BCUT2D eigenvalue weighted by atomic mass is 19.3. The van der Waals surface area contributed by atoms with Crippen LogP contribution in [0.3, 0.4) is 0 Å². The number of rotatable bonds is 2. The average Bonchev–Trinajstić information content (AvgIpc) is 2.09. The van der Waals surface area contributed by atoms with Crippen molar-refractivity contribution in [1.82, 2.24) is 4.98 Å². The minimum absolute atomic E-state index is 0.00866. The summed E-state index contributed by atoms with van der Waals surface area (Å²) in [5.74, 6) is 0. The molecule has 0 aromatic carbocycles. The Hall–Kier alpha value is -1.43. The van der Waals surface area contributed by atoms with Crippen molar-refractivity contribution in [3.63, 3.8) is 0 Å². The van der Waals surface area contributed by atoms with E-state index in [0.717, 1.165) is 0 Å². The van der Waals surface area contributed by atoms with Gasteiger partial charge in [-0.25, -0.2) is 13.8 Å². The second-order valence-corrected chi connectivity index (χ2v) is 2.46. The number of nitrogens with two attached hydrogens (primary N) is 2. The molecule has 1 aromatic rings. The number of anilines is 2. The van der Waals surface area contributed by atoms with E-state index in [2.05, 4.69) is 4.98 Å². The van der Waals surface area contributed by atoms with Gasteiger partial charge in [0.2, 0.25) is 0 Å². The van der Waals surface area contributed by atoms with E-state index in [-0.39, 0.29) is 17.1 Å². The number of halogens is 2. The molecule has 1 heterocycles. The summed E-state index contributed by atoms with van der Waals surface area (Å²) in [6.45, 7) is -0.440. The van der Waals surface area contributed by atoms with Gasteiger partial charge in [-0.15, -0.1) is 0 Å². The van der Waals surface area contributed by atoms with Crippen molar-refractivity contribution in [2.75, 3.05) is 11.5 Å². The Morgan fingerprint density at radius 1 is 1.46 bits per heavy atom. The average molecular weight is 189 g/mol. The van der Waals surface area contributed by atoms with Crippen LogP contribution < -0.4 is 11.5 Å². The van der Waals surface area contributed by atoms with Gasteiger partial charge in [0.1, 0.15) is 5.69 Å². The first-order valence-corrected chi connectivity index (χ1v) is 3.50. The van der Waals surface area contributed by atoms with E-state index in [9.17, 15) is 8.78 Å². The first kappa shape index (κ1) is 9.66. The molecule has 0 aliphatic heterocycles. The molecule has 4 nitrogen and oxygen atoms in total. The first-order chi connectivity index (χ1) is 6.06. The van der Waals surface area contributed by atoms with Gasteiger partial charge in [-0.2, -0.15) is 0 Å². The summed E-state index contributed by atoms with van der Waals surface area (Å²) in [4.78, 5) is 3.45. The highest BCUT2D eigenvalue weighted by Crippen LogP contribution is 2.27. The minimum Gasteiger partial charge on any atom is -0.397 e. The zero-order chi connectivity index (χ0) is 10.0. The van der Waals surface area contributed by atoms with Gasteiger partial charge in [-0.1, -0.05) is 0 Å². The third kappa shape index (κ3) is 1.83. The van der Waals surface area contributed by atoms with Crippen LogP contribution in [0.4, 0.5) is 20.2 Å². The van der Waals surface area contributed by atoms with Gasteiger partial charge in [-0.05, 0) is 6.07 Å². The van der Waals surface area contributed by atoms with Crippen molar-refractivity contribution in [1.29, 1.82) is 0 Å². The van der Waals surface area contributed by atoms with Gasteiger partial charge in [0, 0.05) is 0 Å². The molecule has 6 heteroatoms. The summed E-state index contributed by atoms with van der Waals surface area (Å²) in [5.41, 5.74) is 9.87. The lowest BCUT2D eigenvalue weighted by Gasteiger charge is -2.08. The van der Waals surface area contributed by atoms with Crippen molar-refractivity contribution >= 4 is 11.4 Å². The summed E-state index contributed by atoms with van der Waals surface area (Å²) < 4.78 is 24.5. The van der Waals surface area contributed by atoms with Gasteiger partial charge < -0.3 is 16.6 Å². The quantitative estimate of drug-likeness (QED) is 0.638. The predicted molar refractivity (Wildman–Crippen MR) is 43.9 cm³/mol. The fourth-order valence-electron chi connectivity index (χ4n) is 0.900.